The largest absolute Gasteiger partial charge is 0.477 e. The van der Waals surface area contributed by atoms with Crippen LogP contribution in [-0.4, -0.2) is 39.1 Å². The number of nitrogen functional groups attached to an aromatic ring is 1. The van der Waals surface area contributed by atoms with E-state index in [0.29, 0.717) is 17.9 Å². The molecule has 2 heterocycles. The quantitative estimate of drug-likeness (QED) is 0.550. The molecule has 6 nitrogen and oxygen atoms in total. The van der Waals surface area contributed by atoms with Gasteiger partial charge in [0.05, 0.1) is 0 Å². The van der Waals surface area contributed by atoms with E-state index in [2.05, 4.69) is 0 Å². The summed E-state index contributed by atoms with van der Waals surface area (Å²) in [7, 11) is 0. The molecule has 1 aromatic carbocycles. The van der Waals surface area contributed by atoms with Crippen molar-refractivity contribution in [1.29, 1.82) is 0 Å². The molecular weight excluding hydrogens is 290 g/mol. The maximum atomic E-state index is 11.8. The predicted octanol–water partition coefficient (Wildman–Crippen LogP) is 0.392. The first-order valence-electron chi connectivity index (χ1n) is 6.49. The Morgan fingerprint density at radius 3 is 2.67 bits per heavy atom. The van der Waals surface area contributed by atoms with E-state index >= 15 is 0 Å². The van der Waals surface area contributed by atoms with Crippen molar-refractivity contribution in [3.05, 3.63) is 41.1 Å². The van der Waals surface area contributed by atoms with E-state index in [4.69, 9.17) is 11.5 Å². The van der Waals surface area contributed by atoms with Crippen LogP contribution in [0.15, 0.2) is 35.5 Å². The molecule has 2 aliphatic heterocycles. The lowest BCUT2D eigenvalue weighted by Crippen LogP contribution is -2.68. The second-order valence-corrected chi connectivity index (χ2v) is 6.22. The SMILES string of the molecule is Nc1ccc(CC2=C(C(=O)O)N3C(=O)[C@@H](N)[C@H]3SC2)cc1. The zero-order valence-corrected chi connectivity index (χ0v) is 12.0. The molecule has 0 bridgehead atoms. The minimum atomic E-state index is -1.08. The lowest BCUT2D eigenvalue weighted by molar-refractivity contribution is -0.148. The number of hydrogen-bond acceptors (Lipinski definition) is 5. The number of hydrogen-bond donors (Lipinski definition) is 3. The molecule has 21 heavy (non-hydrogen) atoms. The number of β-lactam (4-membered cyclic amide) rings is 1. The number of rotatable bonds is 3. The predicted molar refractivity (Wildman–Crippen MR) is 80.3 cm³/mol. The zero-order chi connectivity index (χ0) is 15.1. The molecule has 1 aromatic rings. The highest BCUT2D eigenvalue weighted by Gasteiger charge is 2.51. The van der Waals surface area contributed by atoms with Gasteiger partial charge in [0.25, 0.3) is 0 Å². The van der Waals surface area contributed by atoms with Gasteiger partial charge in [-0.05, 0) is 29.7 Å². The highest BCUT2D eigenvalue weighted by molar-refractivity contribution is 8.00. The fraction of sp³-hybridized carbons (Fsp3) is 0.286. The molecule has 2 atom stereocenters. The van der Waals surface area contributed by atoms with Crippen LogP contribution in [0.4, 0.5) is 5.69 Å². The number of carboxylic acids is 1. The highest BCUT2D eigenvalue weighted by Crippen LogP contribution is 2.40. The number of nitrogens with two attached hydrogens (primary N) is 2. The summed E-state index contributed by atoms with van der Waals surface area (Å²) in [6, 6.07) is 6.69. The normalized spacial score (nSPS) is 24.6. The Kier molecular flexibility index (Phi) is 3.38. The van der Waals surface area contributed by atoms with Crippen molar-refractivity contribution in [3.8, 4) is 0 Å². The molecule has 1 amide bonds. The molecular formula is C14H15N3O3S. The zero-order valence-electron chi connectivity index (χ0n) is 11.2. The molecule has 2 aliphatic rings. The number of carbonyl (C=O) groups is 2. The minimum absolute atomic E-state index is 0.0854. The molecule has 0 aromatic heterocycles. The average Bonchev–Trinajstić information content (AvgIpc) is 2.48. The number of nitrogens with zero attached hydrogens (tertiary/aromatic N) is 1. The summed E-state index contributed by atoms with van der Waals surface area (Å²) in [5.41, 5.74) is 13.8. The van der Waals surface area contributed by atoms with E-state index in [0.717, 1.165) is 11.1 Å². The van der Waals surface area contributed by atoms with Gasteiger partial charge in [0, 0.05) is 11.4 Å². The van der Waals surface area contributed by atoms with E-state index in [1.165, 1.54) is 16.7 Å². The Balaban J connectivity index is 1.92. The van der Waals surface area contributed by atoms with Crippen LogP contribution >= 0.6 is 11.8 Å². The Morgan fingerprint density at radius 1 is 1.38 bits per heavy atom. The van der Waals surface area contributed by atoms with Gasteiger partial charge in [-0.25, -0.2) is 4.79 Å². The number of carbonyl (C=O) groups excluding carboxylic acids is 1. The van der Waals surface area contributed by atoms with E-state index in [1.54, 1.807) is 12.1 Å². The smallest absolute Gasteiger partial charge is 0.352 e. The van der Waals surface area contributed by atoms with Crippen LogP contribution < -0.4 is 11.5 Å². The van der Waals surface area contributed by atoms with Crippen molar-refractivity contribution in [2.45, 2.75) is 17.8 Å². The summed E-state index contributed by atoms with van der Waals surface area (Å²) in [4.78, 5) is 24.7. The molecule has 5 N–H and O–H groups in total. The van der Waals surface area contributed by atoms with E-state index in [1.807, 2.05) is 12.1 Å². The number of carboxylic acid groups (broad SMARTS) is 1. The summed E-state index contributed by atoms with van der Waals surface area (Å²) < 4.78 is 0. The van der Waals surface area contributed by atoms with Crippen LogP contribution in [0.2, 0.25) is 0 Å². The van der Waals surface area contributed by atoms with Gasteiger partial charge >= 0.3 is 5.97 Å². The van der Waals surface area contributed by atoms with Crippen molar-refractivity contribution in [3.63, 3.8) is 0 Å². The van der Waals surface area contributed by atoms with Gasteiger partial charge in [-0.2, -0.15) is 0 Å². The van der Waals surface area contributed by atoms with Gasteiger partial charge in [0.2, 0.25) is 5.91 Å². The summed E-state index contributed by atoms with van der Waals surface area (Å²) in [5.74, 6) is -0.834. The number of anilines is 1. The van der Waals surface area contributed by atoms with E-state index in [-0.39, 0.29) is 17.0 Å². The fourth-order valence-corrected chi connectivity index (χ4v) is 3.89. The van der Waals surface area contributed by atoms with Gasteiger partial charge in [0.15, 0.2) is 0 Å². The number of aliphatic carboxylic acids is 1. The minimum Gasteiger partial charge on any atom is -0.477 e. The van der Waals surface area contributed by atoms with Crippen LogP contribution in [-0.2, 0) is 16.0 Å². The van der Waals surface area contributed by atoms with Crippen molar-refractivity contribution in [2.75, 3.05) is 11.5 Å². The standard InChI is InChI=1S/C14H15N3O3S/c15-9-3-1-7(2-4-9)5-8-6-21-13-10(16)12(18)17(13)11(8)14(19)20/h1-4,10,13H,5-6,15-16H2,(H,19,20)/t10-,13-/m1/s1. The molecule has 3 rings (SSSR count). The van der Waals surface area contributed by atoms with Crippen LogP contribution in [0.25, 0.3) is 0 Å². The van der Waals surface area contributed by atoms with E-state index in [9.17, 15) is 14.7 Å². The van der Waals surface area contributed by atoms with E-state index < -0.39 is 12.0 Å². The highest BCUT2D eigenvalue weighted by atomic mass is 32.2. The third kappa shape index (κ3) is 2.28. The van der Waals surface area contributed by atoms with Gasteiger partial charge in [-0.3, -0.25) is 9.69 Å². The van der Waals surface area contributed by atoms with Crippen molar-refractivity contribution in [1.82, 2.24) is 4.90 Å². The summed E-state index contributed by atoms with van der Waals surface area (Å²) >= 11 is 1.51. The Bertz CT molecular complexity index is 641. The first kappa shape index (κ1) is 14.0. The monoisotopic (exact) mass is 305 g/mol. The first-order valence-corrected chi connectivity index (χ1v) is 7.54. The Hall–Kier alpha value is -1.99. The Labute approximate surface area is 125 Å². The molecule has 0 unspecified atom stereocenters. The molecule has 0 aliphatic carbocycles. The lowest BCUT2D eigenvalue weighted by atomic mass is 9.99. The van der Waals surface area contributed by atoms with Crippen LogP contribution in [0.5, 0.6) is 0 Å². The molecule has 110 valence electrons. The summed E-state index contributed by atoms with van der Waals surface area (Å²) in [6.07, 6.45) is 0.487. The van der Waals surface area contributed by atoms with Crippen molar-refractivity contribution in [2.24, 2.45) is 5.73 Å². The lowest BCUT2D eigenvalue weighted by Gasteiger charge is -2.48. The van der Waals surface area contributed by atoms with Gasteiger partial charge < -0.3 is 16.6 Å². The van der Waals surface area contributed by atoms with Crippen LogP contribution in [0.1, 0.15) is 5.56 Å². The average molecular weight is 305 g/mol. The molecule has 0 spiro atoms. The third-order valence-corrected chi connectivity index (χ3v) is 5.05. The molecule has 0 saturated carbocycles. The molecule has 1 saturated heterocycles. The fourth-order valence-electron chi connectivity index (χ4n) is 2.60. The summed E-state index contributed by atoms with van der Waals surface area (Å²) in [6.45, 7) is 0. The maximum absolute atomic E-state index is 11.8. The Morgan fingerprint density at radius 2 is 2.05 bits per heavy atom. The topological polar surface area (TPSA) is 110 Å². The van der Waals surface area contributed by atoms with Crippen molar-refractivity contribution >= 4 is 29.3 Å². The molecule has 7 heteroatoms. The number of fused-ring (bicyclic) bond motifs is 1. The second kappa shape index (κ2) is 5.09. The summed E-state index contributed by atoms with van der Waals surface area (Å²) in [5, 5.41) is 9.18. The third-order valence-electron chi connectivity index (χ3n) is 3.69. The van der Waals surface area contributed by atoms with Crippen LogP contribution in [0, 0.1) is 0 Å². The van der Waals surface area contributed by atoms with Gasteiger partial charge in [0.1, 0.15) is 17.1 Å². The number of thioether (sulfide) groups is 1. The number of amides is 1. The maximum Gasteiger partial charge on any atom is 0.352 e. The van der Waals surface area contributed by atoms with Crippen molar-refractivity contribution < 1.29 is 14.7 Å². The number of benzene rings is 1. The first-order chi connectivity index (χ1) is 9.99. The van der Waals surface area contributed by atoms with Gasteiger partial charge in [-0.15, -0.1) is 11.8 Å². The van der Waals surface area contributed by atoms with Crippen LogP contribution in [0.3, 0.4) is 0 Å². The molecule has 1 fully saturated rings. The molecule has 0 radical (unpaired) electrons. The second-order valence-electron chi connectivity index (χ2n) is 5.11. The van der Waals surface area contributed by atoms with Gasteiger partial charge in [-0.1, -0.05) is 12.1 Å².